The minimum absolute atomic E-state index is 0.0448. The predicted octanol–water partition coefficient (Wildman–Crippen LogP) is 4.18. The summed E-state index contributed by atoms with van der Waals surface area (Å²) in [5.41, 5.74) is 0.768. The number of carbonyl (C=O) groups excluding carboxylic acids is 3. The molecule has 0 spiro atoms. The fraction of sp³-hybridized carbons (Fsp3) is 0.222. The lowest BCUT2D eigenvalue weighted by Gasteiger charge is -2.20. The van der Waals surface area contributed by atoms with Crippen molar-refractivity contribution in [3.8, 4) is 23.0 Å². The molecule has 0 aliphatic carbocycles. The van der Waals surface area contributed by atoms with Crippen LogP contribution in [0, 0.1) is 16.0 Å². The van der Waals surface area contributed by atoms with Crippen LogP contribution >= 0.6 is 0 Å². The van der Waals surface area contributed by atoms with Gasteiger partial charge in [-0.25, -0.2) is 0 Å². The number of methoxy groups -OCH3 is 2. The van der Waals surface area contributed by atoms with Crippen LogP contribution in [0.4, 0.5) is 11.4 Å². The number of hydrogen-bond donors (Lipinski definition) is 0. The molecule has 0 aromatic heterocycles. The number of nitro benzene ring substituents is 1. The van der Waals surface area contributed by atoms with Crippen molar-refractivity contribution in [1.82, 2.24) is 0 Å². The molecule has 1 fully saturated rings. The molecule has 4 rings (SSSR count). The third-order valence-electron chi connectivity index (χ3n) is 5.94. The molecule has 3 aromatic rings. The molecular formula is C27H24N2O9. The zero-order chi connectivity index (χ0) is 27.2. The number of hydrogen-bond acceptors (Lipinski definition) is 9. The van der Waals surface area contributed by atoms with E-state index in [2.05, 4.69) is 0 Å². The van der Waals surface area contributed by atoms with E-state index in [1.165, 1.54) is 55.5 Å². The summed E-state index contributed by atoms with van der Waals surface area (Å²) in [7, 11) is 3.00. The van der Waals surface area contributed by atoms with E-state index >= 15 is 0 Å². The zero-order valence-electron chi connectivity index (χ0n) is 20.6. The Hall–Kier alpha value is -4.93. The summed E-state index contributed by atoms with van der Waals surface area (Å²) in [6, 6.07) is 16.8. The fourth-order valence-corrected chi connectivity index (χ4v) is 3.92. The number of carbonyl (C=O) groups is 3. The number of ether oxygens (including phenoxy) is 4. The zero-order valence-corrected chi connectivity index (χ0v) is 20.6. The van der Waals surface area contributed by atoms with Gasteiger partial charge in [-0.1, -0.05) is 0 Å². The highest BCUT2D eigenvalue weighted by atomic mass is 16.6. The van der Waals surface area contributed by atoms with E-state index in [4.69, 9.17) is 18.9 Å². The maximum atomic E-state index is 12.6. The van der Waals surface area contributed by atoms with Gasteiger partial charge in [0, 0.05) is 36.7 Å². The van der Waals surface area contributed by atoms with Gasteiger partial charge in [-0.2, -0.15) is 0 Å². The van der Waals surface area contributed by atoms with Crippen molar-refractivity contribution in [2.75, 3.05) is 32.3 Å². The third-order valence-corrected chi connectivity index (χ3v) is 5.94. The fourth-order valence-electron chi connectivity index (χ4n) is 3.92. The molecule has 0 saturated carbocycles. The van der Waals surface area contributed by atoms with Crippen molar-refractivity contribution >= 4 is 29.0 Å². The number of nitro groups is 1. The van der Waals surface area contributed by atoms with E-state index in [-0.39, 0.29) is 24.6 Å². The summed E-state index contributed by atoms with van der Waals surface area (Å²) in [6.45, 7) is -0.374. The van der Waals surface area contributed by atoms with Crippen LogP contribution in [0.3, 0.4) is 0 Å². The molecule has 0 bridgehead atoms. The normalized spacial score (nSPS) is 14.6. The molecule has 11 heteroatoms. The summed E-state index contributed by atoms with van der Waals surface area (Å²) in [4.78, 5) is 49.5. The van der Waals surface area contributed by atoms with Crippen LogP contribution in [0.5, 0.6) is 23.0 Å². The monoisotopic (exact) mass is 520 g/mol. The summed E-state index contributed by atoms with van der Waals surface area (Å²) in [5, 5.41) is 10.7. The van der Waals surface area contributed by atoms with Gasteiger partial charge in [0.05, 0.1) is 30.7 Å². The van der Waals surface area contributed by atoms with Crippen LogP contribution in [0.25, 0.3) is 0 Å². The number of amides is 1. The lowest BCUT2D eigenvalue weighted by Crippen LogP contribution is -2.27. The van der Waals surface area contributed by atoms with Crippen LogP contribution in [0.15, 0.2) is 66.7 Å². The van der Waals surface area contributed by atoms with Crippen molar-refractivity contribution in [1.29, 1.82) is 0 Å². The van der Waals surface area contributed by atoms with Gasteiger partial charge in [0.1, 0.15) is 23.0 Å². The van der Waals surface area contributed by atoms with Gasteiger partial charge in [0.25, 0.3) is 5.69 Å². The van der Waals surface area contributed by atoms with E-state index in [0.29, 0.717) is 34.2 Å². The molecule has 1 heterocycles. The Morgan fingerprint density at radius 1 is 0.947 bits per heavy atom. The van der Waals surface area contributed by atoms with E-state index in [1.54, 1.807) is 30.3 Å². The van der Waals surface area contributed by atoms with Crippen molar-refractivity contribution in [3.05, 3.63) is 82.4 Å². The number of benzene rings is 3. The standard InChI is InChI=1S/C27H24N2O9/c1-35-22-11-12-23(25(14-22)36-2)28-15-18(13-26(28)31)27(32)37-16-24(30)17-3-7-20(8-4-17)38-21-9-5-19(6-10-21)29(33)34/h3-12,14,18H,13,15-16H2,1-2H3/t18-/m1/s1. The molecule has 11 nitrogen and oxygen atoms in total. The SMILES string of the molecule is COc1ccc(N2C[C@H](C(=O)OCC(=O)c3ccc(Oc4ccc([N+](=O)[O-])cc4)cc3)CC2=O)c(OC)c1. The first kappa shape index (κ1) is 26.1. The number of rotatable bonds is 10. The second kappa shape index (κ2) is 11.4. The van der Waals surface area contributed by atoms with Gasteiger partial charge in [0.15, 0.2) is 12.4 Å². The molecule has 38 heavy (non-hydrogen) atoms. The molecule has 1 aliphatic heterocycles. The van der Waals surface area contributed by atoms with Crippen LogP contribution in [-0.2, 0) is 14.3 Å². The van der Waals surface area contributed by atoms with Crippen LogP contribution in [0.2, 0.25) is 0 Å². The Kier molecular flexibility index (Phi) is 7.86. The maximum absolute atomic E-state index is 12.6. The van der Waals surface area contributed by atoms with E-state index in [1.807, 2.05) is 0 Å². The van der Waals surface area contributed by atoms with E-state index in [9.17, 15) is 24.5 Å². The quantitative estimate of drug-likeness (QED) is 0.167. The molecule has 1 aliphatic rings. The predicted molar refractivity (Wildman–Crippen MR) is 135 cm³/mol. The van der Waals surface area contributed by atoms with Crippen molar-refractivity contribution in [2.24, 2.45) is 5.92 Å². The van der Waals surface area contributed by atoms with Gasteiger partial charge >= 0.3 is 5.97 Å². The third kappa shape index (κ3) is 5.89. The van der Waals surface area contributed by atoms with Crippen LogP contribution in [-0.4, -0.2) is 50.0 Å². The second-order valence-corrected chi connectivity index (χ2v) is 8.35. The van der Waals surface area contributed by atoms with Gasteiger partial charge < -0.3 is 23.8 Å². The highest BCUT2D eigenvalue weighted by molar-refractivity contribution is 6.01. The Balaban J connectivity index is 1.31. The molecular weight excluding hydrogens is 496 g/mol. The first-order chi connectivity index (χ1) is 18.3. The number of anilines is 1. The van der Waals surface area contributed by atoms with Gasteiger partial charge in [-0.3, -0.25) is 24.5 Å². The Bertz CT molecular complexity index is 1350. The number of esters is 1. The summed E-state index contributed by atoms with van der Waals surface area (Å²) >= 11 is 0. The average Bonchev–Trinajstić information content (AvgIpc) is 3.33. The largest absolute Gasteiger partial charge is 0.497 e. The first-order valence-corrected chi connectivity index (χ1v) is 11.5. The lowest BCUT2D eigenvalue weighted by molar-refractivity contribution is -0.384. The van der Waals surface area contributed by atoms with Crippen LogP contribution < -0.4 is 19.1 Å². The summed E-state index contributed by atoms with van der Waals surface area (Å²) < 4.78 is 21.4. The topological polar surface area (TPSA) is 135 Å². The summed E-state index contributed by atoms with van der Waals surface area (Å²) in [5.74, 6) is -0.217. The van der Waals surface area contributed by atoms with Gasteiger partial charge in [-0.05, 0) is 48.5 Å². The minimum Gasteiger partial charge on any atom is -0.497 e. The van der Waals surface area contributed by atoms with Gasteiger partial charge in [-0.15, -0.1) is 0 Å². The Morgan fingerprint density at radius 2 is 1.58 bits per heavy atom. The molecule has 0 radical (unpaired) electrons. The molecule has 1 atom stereocenters. The molecule has 1 saturated heterocycles. The molecule has 196 valence electrons. The number of Topliss-reactive ketones (excluding diaryl/α,β-unsaturated/α-hetero) is 1. The van der Waals surface area contributed by atoms with Crippen molar-refractivity contribution in [3.63, 3.8) is 0 Å². The number of ketones is 1. The lowest BCUT2D eigenvalue weighted by atomic mass is 10.1. The Labute approximate surface area is 217 Å². The van der Waals surface area contributed by atoms with E-state index in [0.717, 1.165) is 0 Å². The van der Waals surface area contributed by atoms with Crippen molar-refractivity contribution < 1.29 is 38.3 Å². The number of nitrogens with zero attached hydrogens (tertiary/aromatic N) is 2. The second-order valence-electron chi connectivity index (χ2n) is 8.35. The minimum atomic E-state index is -0.723. The van der Waals surface area contributed by atoms with E-state index < -0.39 is 29.2 Å². The first-order valence-electron chi connectivity index (χ1n) is 11.5. The molecule has 0 unspecified atom stereocenters. The Morgan fingerprint density at radius 3 is 2.18 bits per heavy atom. The van der Waals surface area contributed by atoms with Crippen LogP contribution in [0.1, 0.15) is 16.8 Å². The summed E-state index contributed by atoms with van der Waals surface area (Å²) in [6.07, 6.45) is -0.0448. The maximum Gasteiger partial charge on any atom is 0.311 e. The molecule has 3 aromatic carbocycles. The van der Waals surface area contributed by atoms with Gasteiger partial charge in [0.2, 0.25) is 5.91 Å². The molecule has 0 N–H and O–H groups in total. The highest BCUT2D eigenvalue weighted by Crippen LogP contribution is 2.36. The molecule has 1 amide bonds. The van der Waals surface area contributed by atoms with Crippen molar-refractivity contribution in [2.45, 2.75) is 6.42 Å². The highest BCUT2D eigenvalue weighted by Gasteiger charge is 2.37. The smallest absolute Gasteiger partial charge is 0.311 e. The average molecular weight is 520 g/mol. The number of non-ortho nitro benzene ring substituents is 1.